The van der Waals surface area contributed by atoms with Gasteiger partial charge in [-0.2, -0.15) is 5.10 Å². The minimum Gasteiger partial charge on any atom is -0.326 e. The highest BCUT2D eigenvalue weighted by Gasteiger charge is 2.05. The Labute approximate surface area is 73.6 Å². The first-order valence-electron chi connectivity index (χ1n) is 4.36. The summed E-state index contributed by atoms with van der Waals surface area (Å²) < 4.78 is 2.02. The average Bonchev–Trinajstić information content (AvgIpc) is 2.32. The van der Waals surface area contributed by atoms with Gasteiger partial charge in [-0.05, 0) is 12.8 Å². The lowest BCUT2D eigenvalue weighted by atomic mass is 10.2. The summed E-state index contributed by atoms with van der Waals surface area (Å²) in [6.45, 7) is 8.00. The van der Waals surface area contributed by atoms with Gasteiger partial charge in [0.05, 0.1) is 6.20 Å². The van der Waals surface area contributed by atoms with E-state index in [0.717, 1.165) is 12.1 Å². The molecule has 0 spiro atoms. The number of hydrogen-bond donors (Lipinski definition) is 1. The van der Waals surface area contributed by atoms with E-state index in [-0.39, 0.29) is 0 Å². The largest absolute Gasteiger partial charge is 0.326 e. The minimum atomic E-state index is 0.587. The molecule has 12 heavy (non-hydrogen) atoms. The van der Waals surface area contributed by atoms with Gasteiger partial charge in [0, 0.05) is 24.3 Å². The number of hydrogen-bond acceptors (Lipinski definition) is 2. The third kappa shape index (κ3) is 1.85. The minimum absolute atomic E-state index is 0.587. The van der Waals surface area contributed by atoms with Crippen molar-refractivity contribution >= 4 is 0 Å². The van der Waals surface area contributed by atoms with Crippen LogP contribution in [0.5, 0.6) is 0 Å². The molecule has 0 unspecified atom stereocenters. The normalized spacial score (nSPS) is 11.1. The molecule has 0 aliphatic rings. The van der Waals surface area contributed by atoms with E-state index >= 15 is 0 Å². The average molecular weight is 167 g/mol. The standard InChI is InChI=1S/C9H17N3/c1-7(2)6-12-8(3)9(4-10)5-11-12/h5,7H,4,6,10H2,1-3H3. The van der Waals surface area contributed by atoms with Gasteiger partial charge < -0.3 is 5.73 Å². The van der Waals surface area contributed by atoms with E-state index < -0.39 is 0 Å². The maximum Gasteiger partial charge on any atom is 0.0537 e. The van der Waals surface area contributed by atoms with Crippen LogP contribution in [0.4, 0.5) is 0 Å². The molecular weight excluding hydrogens is 150 g/mol. The zero-order chi connectivity index (χ0) is 9.14. The molecule has 0 aliphatic carbocycles. The maximum absolute atomic E-state index is 5.54. The second kappa shape index (κ2) is 3.72. The lowest BCUT2D eigenvalue weighted by Crippen LogP contribution is -2.08. The van der Waals surface area contributed by atoms with E-state index in [2.05, 4.69) is 25.9 Å². The molecule has 68 valence electrons. The number of nitrogens with zero attached hydrogens (tertiary/aromatic N) is 2. The Hall–Kier alpha value is -0.830. The van der Waals surface area contributed by atoms with E-state index in [4.69, 9.17) is 5.73 Å². The van der Waals surface area contributed by atoms with Crippen molar-refractivity contribution in [1.29, 1.82) is 0 Å². The number of aromatic nitrogens is 2. The highest BCUT2D eigenvalue weighted by Crippen LogP contribution is 2.08. The van der Waals surface area contributed by atoms with Crippen molar-refractivity contribution in [3.8, 4) is 0 Å². The van der Waals surface area contributed by atoms with E-state index in [1.807, 2.05) is 10.9 Å². The summed E-state index contributed by atoms with van der Waals surface area (Å²) in [5, 5.41) is 4.26. The molecule has 1 rings (SSSR count). The first kappa shape index (κ1) is 9.26. The molecule has 1 heterocycles. The van der Waals surface area contributed by atoms with Crippen molar-refractivity contribution < 1.29 is 0 Å². The Bertz CT molecular complexity index is 250. The van der Waals surface area contributed by atoms with Crippen LogP contribution in [0.2, 0.25) is 0 Å². The van der Waals surface area contributed by atoms with Crippen molar-refractivity contribution in [1.82, 2.24) is 9.78 Å². The van der Waals surface area contributed by atoms with Gasteiger partial charge in [-0.3, -0.25) is 4.68 Å². The Morgan fingerprint density at radius 2 is 2.25 bits per heavy atom. The fraction of sp³-hybridized carbons (Fsp3) is 0.667. The lowest BCUT2D eigenvalue weighted by molar-refractivity contribution is 0.474. The zero-order valence-corrected chi connectivity index (χ0v) is 8.04. The molecule has 0 bridgehead atoms. The maximum atomic E-state index is 5.54. The quantitative estimate of drug-likeness (QED) is 0.737. The molecule has 2 N–H and O–H groups in total. The van der Waals surface area contributed by atoms with Crippen molar-refractivity contribution in [2.24, 2.45) is 11.7 Å². The van der Waals surface area contributed by atoms with Crippen LogP contribution in [0, 0.1) is 12.8 Å². The Kier molecular flexibility index (Phi) is 2.87. The van der Waals surface area contributed by atoms with Crippen LogP contribution < -0.4 is 5.73 Å². The molecule has 0 amide bonds. The SMILES string of the molecule is Cc1c(CN)cnn1CC(C)C. The van der Waals surface area contributed by atoms with Gasteiger partial charge in [-0.1, -0.05) is 13.8 Å². The topological polar surface area (TPSA) is 43.8 Å². The first-order chi connectivity index (χ1) is 5.65. The van der Waals surface area contributed by atoms with Crippen molar-refractivity contribution in [2.45, 2.75) is 33.9 Å². The summed E-state index contributed by atoms with van der Waals surface area (Å²) in [7, 11) is 0. The molecule has 3 nitrogen and oxygen atoms in total. The van der Waals surface area contributed by atoms with Crippen LogP contribution >= 0.6 is 0 Å². The molecule has 1 aromatic rings. The third-order valence-corrected chi connectivity index (χ3v) is 1.96. The molecular formula is C9H17N3. The fourth-order valence-corrected chi connectivity index (χ4v) is 1.22. The van der Waals surface area contributed by atoms with E-state index in [0.29, 0.717) is 12.5 Å². The zero-order valence-electron chi connectivity index (χ0n) is 8.04. The summed E-state index contributed by atoms with van der Waals surface area (Å²) in [5.41, 5.74) is 7.89. The van der Waals surface area contributed by atoms with Gasteiger partial charge in [-0.15, -0.1) is 0 Å². The summed E-state index contributed by atoms with van der Waals surface area (Å²) in [6.07, 6.45) is 1.86. The highest BCUT2D eigenvalue weighted by atomic mass is 15.3. The predicted molar refractivity (Wildman–Crippen MR) is 49.7 cm³/mol. The third-order valence-electron chi connectivity index (χ3n) is 1.96. The van der Waals surface area contributed by atoms with Crippen LogP contribution in [0.1, 0.15) is 25.1 Å². The molecule has 3 heteroatoms. The number of nitrogens with two attached hydrogens (primary N) is 1. The Morgan fingerprint density at radius 1 is 1.58 bits per heavy atom. The summed E-state index contributed by atoms with van der Waals surface area (Å²) in [4.78, 5) is 0. The van der Waals surface area contributed by atoms with Gasteiger partial charge in [0.2, 0.25) is 0 Å². The van der Waals surface area contributed by atoms with Crippen molar-refractivity contribution in [3.63, 3.8) is 0 Å². The van der Waals surface area contributed by atoms with E-state index in [1.165, 1.54) is 5.69 Å². The van der Waals surface area contributed by atoms with E-state index in [9.17, 15) is 0 Å². The first-order valence-corrected chi connectivity index (χ1v) is 4.36. The van der Waals surface area contributed by atoms with E-state index in [1.54, 1.807) is 0 Å². The van der Waals surface area contributed by atoms with Crippen LogP contribution in [-0.2, 0) is 13.1 Å². The predicted octanol–water partition coefficient (Wildman–Crippen LogP) is 1.31. The second-order valence-corrected chi connectivity index (χ2v) is 3.54. The molecule has 0 fully saturated rings. The van der Waals surface area contributed by atoms with Gasteiger partial charge in [0.25, 0.3) is 0 Å². The Balaban J connectivity index is 2.80. The fourth-order valence-electron chi connectivity index (χ4n) is 1.22. The van der Waals surface area contributed by atoms with Crippen molar-refractivity contribution in [2.75, 3.05) is 0 Å². The summed E-state index contributed by atoms with van der Waals surface area (Å²) in [6, 6.07) is 0. The lowest BCUT2D eigenvalue weighted by Gasteiger charge is -2.07. The van der Waals surface area contributed by atoms with Gasteiger partial charge >= 0.3 is 0 Å². The summed E-state index contributed by atoms with van der Waals surface area (Å²) in [5.74, 6) is 0.634. The number of rotatable bonds is 3. The van der Waals surface area contributed by atoms with Crippen LogP contribution in [-0.4, -0.2) is 9.78 Å². The molecule has 0 atom stereocenters. The van der Waals surface area contributed by atoms with Crippen molar-refractivity contribution in [3.05, 3.63) is 17.5 Å². The van der Waals surface area contributed by atoms with Gasteiger partial charge in [-0.25, -0.2) is 0 Å². The van der Waals surface area contributed by atoms with Gasteiger partial charge in [0.1, 0.15) is 0 Å². The van der Waals surface area contributed by atoms with Crippen LogP contribution in [0.25, 0.3) is 0 Å². The molecule has 0 radical (unpaired) electrons. The molecule has 0 saturated heterocycles. The molecule has 0 saturated carbocycles. The smallest absolute Gasteiger partial charge is 0.0537 e. The second-order valence-electron chi connectivity index (χ2n) is 3.54. The molecule has 0 aromatic carbocycles. The van der Waals surface area contributed by atoms with Crippen LogP contribution in [0.3, 0.4) is 0 Å². The Morgan fingerprint density at radius 3 is 2.67 bits per heavy atom. The van der Waals surface area contributed by atoms with Gasteiger partial charge in [0.15, 0.2) is 0 Å². The molecule has 1 aromatic heterocycles. The highest BCUT2D eigenvalue weighted by molar-refractivity contribution is 5.15. The van der Waals surface area contributed by atoms with Crippen LogP contribution in [0.15, 0.2) is 6.20 Å². The monoisotopic (exact) mass is 167 g/mol. The summed E-state index contributed by atoms with van der Waals surface area (Å²) >= 11 is 0. The molecule has 0 aliphatic heterocycles.